The minimum atomic E-state index is -0.963. The van der Waals surface area contributed by atoms with E-state index in [2.05, 4.69) is 31.2 Å². The molecule has 1 saturated carbocycles. The summed E-state index contributed by atoms with van der Waals surface area (Å²) in [5.41, 5.74) is 1.95. The maximum absolute atomic E-state index is 13.2. The van der Waals surface area contributed by atoms with E-state index in [9.17, 15) is 14.7 Å². The third kappa shape index (κ3) is 4.11. The number of carbonyl (C=O) groups excluding carboxylic acids is 1. The zero-order valence-electron chi connectivity index (χ0n) is 18.2. The molecule has 1 aliphatic carbocycles. The number of nitrogens with zero attached hydrogens (tertiary/aromatic N) is 2. The van der Waals surface area contributed by atoms with Gasteiger partial charge in [0.2, 0.25) is 0 Å². The van der Waals surface area contributed by atoms with Crippen molar-refractivity contribution in [1.82, 2.24) is 9.80 Å². The molecule has 164 valence electrons. The standard InChI is InChI=1S/C25H30N2O4/c1-24(20-6-4-3-5-7-20)12-14-25(15-13-24)18-26(23(30)27(25)17-22(28)29)16-19-8-10-21(31-2)11-9-19/h3-11H,12-18H2,1-2H3,(H,28,29). The summed E-state index contributed by atoms with van der Waals surface area (Å²) in [6.07, 6.45) is 3.46. The van der Waals surface area contributed by atoms with Crippen molar-refractivity contribution < 1.29 is 19.4 Å². The smallest absolute Gasteiger partial charge is 0.323 e. The number of hydrogen-bond acceptors (Lipinski definition) is 3. The van der Waals surface area contributed by atoms with Gasteiger partial charge >= 0.3 is 12.0 Å². The second kappa shape index (κ2) is 8.25. The highest BCUT2D eigenvalue weighted by atomic mass is 16.5. The number of rotatable bonds is 6. The van der Waals surface area contributed by atoms with E-state index < -0.39 is 11.5 Å². The van der Waals surface area contributed by atoms with Gasteiger partial charge in [-0.1, -0.05) is 49.4 Å². The second-order valence-corrected chi connectivity index (χ2v) is 9.12. The molecule has 2 aromatic carbocycles. The Morgan fingerprint density at radius 2 is 1.68 bits per heavy atom. The number of carbonyl (C=O) groups is 2. The lowest BCUT2D eigenvalue weighted by molar-refractivity contribution is -0.138. The van der Waals surface area contributed by atoms with E-state index in [1.54, 1.807) is 16.9 Å². The van der Waals surface area contributed by atoms with Crippen molar-refractivity contribution in [3.63, 3.8) is 0 Å². The third-order valence-electron chi connectivity index (χ3n) is 7.14. The van der Waals surface area contributed by atoms with Crippen LogP contribution in [0.4, 0.5) is 4.79 Å². The van der Waals surface area contributed by atoms with E-state index in [4.69, 9.17) is 4.74 Å². The summed E-state index contributed by atoms with van der Waals surface area (Å²) >= 11 is 0. The minimum Gasteiger partial charge on any atom is -0.497 e. The average molecular weight is 423 g/mol. The maximum atomic E-state index is 13.2. The Labute approximate surface area is 183 Å². The van der Waals surface area contributed by atoms with E-state index in [0.717, 1.165) is 37.0 Å². The molecule has 1 aliphatic heterocycles. The number of urea groups is 1. The molecule has 6 nitrogen and oxygen atoms in total. The highest BCUT2D eigenvalue weighted by Crippen LogP contribution is 2.47. The van der Waals surface area contributed by atoms with Crippen LogP contribution in [-0.4, -0.2) is 52.6 Å². The van der Waals surface area contributed by atoms with Gasteiger partial charge in [0.15, 0.2) is 0 Å². The molecule has 1 N–H and O–H groups in total. The fraction of sp³-hybridized carbons (Fsp3) is 0.440. The fourth-order valence-electron chi connectivity index (χ4n) is 5.15. The maximum Gasteiger partial charge on any atom is 0.323 e. The number of carboxylic acids is 1. The first-order valence-corrected chi connectivity index (χ1v) is 10.8. The Bertz CT molecular complexity index is 934. The number of carboxylic acid groups (broad SMARTS) is 1. The molecule has 0 atom stereocenters. The highest BCUT2D eigenvalue weighted by Gasteiger charge is 2.53. The summed E-state index contributed by atoms with van der Waals surface area (Å²) in [6.45, 7) is 3.06. The molecular formula is C25H30N2O4. The van der Waals surface area contributed by atoms with Gasteiger partial charge in [0.25, 0.3) is 0 Å². The number of aliphatic carboxylic acids is 1. The van der Waals surface area contributed by atoms with Crippen LogP contribution in [0.2, 0.25) is 0 Å². The molecule has 1 saturated heterocycles. The Kier molecular flexibility index (Phi) is 5.65. The van der Waals surface area contributed by atoms with Gasteiger partial charge in [-0.2, -0.15) is 0 Å². The van der Waals surface area contributed by atoms with Crippen molar-refractivity contribution in [3.05, 3.63) is 65.7 Å². The molecule has 2 aromatic rings. The zero-order valence-corrected chi connectivity index (χ0v) is 18.2. The van der Waals surface area contributed by atoms with Gasteiger partial charge in [0.1, 0.15) is 12.3 Å². The quantitative estimate of drug-likeness (QED) is 0.754. The molecule has 2 fully saturated rings. The molecule has 0 unspecified atom stereocenters. The average Bonchev–Trinajstić information content (AvgIpc) is 3.02. The summed E-state index contributed by atoms with van der Waals surface area (Å²) in [6, 6.07) is 18.0. The van der Waals surface area contributed by atoms with Gasteiger partial charge in [0, 0.05) is 13.1 Å². The summed E-state index contributed by atoms with van der Waals surface area (Å²) in [7, 11) is 1.62. The number of benzene rings is 2. The predicted molar refractivity (Wildman–Crippen MR) is 118 cm³/mol. The summed E-state index contributed by atoms with van der Waals surface area (Å²) in [5, 5.41) is 9.49. The van der Waals surface area contributed by atoms with Crippen LogP contribution in [0.1, 0.15) is 43.7 Å². The molecule has 0 bridgehead atoms. The normalized spacial score (nSPS) is 25.8. The van der Waals surface area contributed by atoms with Gasteiger partial charge in [0.05, 0.1) is 12.6 Å². The van der Waals surface area contributed by atoms with Crippen molar-refractivity contribution in [2.24, 2.45) is 0 Å². The number of amides is 2. The Balaban J connectivity index is 1.54. The van der Waals surface area contributed by atoms with Crippen molar-refractivity contribution in [3.8, 4) is 5.75 Å². The van der Waals surface area contributed by atoms with Crippen LogP contribution >= 0.6 is 0 Å². The number of ether oxygens (including phenoxy) is 1. The lowest BCUT2D eigenvalue weighted by Gasteiger charge is -2.46. The van der Waals surface area contributed by atoms with E-state index >= 15 is 0 Å². The van der Waals surface area contributed by atoms with Crippen molar-refractivity contribution >= 4 is 12.0 Å². The second-order valence-electron chi connectivity index (χ2n) is 9.12. The fourth-order valence-corrected chi connectivity index (χ4v) is 5.15. The van der Waals surface area contributed by atoms with E-state index in [1.165, 1.54) is 5.56 Å². The topological polar surface area (TPSA) is 70.1 Å². The van der Waals surface area contributed by atoms with E-state index in [0.29, 0.717) is 13.1 Å². The molecule has 0 radical (unpaired) electrons. The molecular weight excluding hydrogens is 392 g/mol. The van der Waals surface area contributed by atoms with Gasteiger partial charge in [-0.15, -0.1) is 0 Å². The summed E-state index contributed by atoms with van der Waals surface area (Å²) < 4.78 is 5.21. The summed E-state index contributed by atoms with van der Waals surface area (Å²) in [5.74, 6) is -0.191. The van der Waals surface area contributed by atoms with Crippen LogP contribution in [0.3, 0.4) is 0 Å². The van der Waals surface area contributed by atoms with Gasteiger partial charge in [-0.25, -0.2) is 4.79 Å². The molecule has 1 spiro atoms. The van der Waals surface area contributed by atoms with Crippen LogP contribution in [0.25, 0.3) is 0 Å². The largest absolute Gasteiger partial charge is 0.497 e. The molecule has 6 heteroatoms. The van der Waals surface area contributed by atoms with Crippen LogP contribution in [-0.2, 0) is 16.8 Å². The molecule has 31 heavy (non-hydrogen) atoms. The van der Waals surface area contributed by atoms with E-state index in [1.807, 2.05) is 30.3 Å². The lowest BCUT2D eigenvalue weighted by Crippen LogP contribution is -2.53. The molecule has 4 rings (SSSR count). The Morgan fingerprint density at radius 1 is 1.03 bits per heavy atom. The van der Waals surface area contributed by atoms with Crippen molar-refractivity contribution in [2.45, 2.75) is 50.1 Å². The van der Waals surface area contributed by atoms with Crippen LogP contribution in [0.5, 0.6) is 5.75 Å². The summed E-state index contributed by atoms with van der Waals surface area (Å²) in [4.78, 5) is 28.2. The van der Waals surface area contributed by atoms with Crippen molar-refractivity contribution in [2.75, 3.05) is 20.2 Å². The van der Waals surface area contributed by atoms with Gasteiger partial charge < -0.3 is 19.6 Å². The SMILES string of the molecule is COc1ccc(CN2CC3(CCC(C)(c4ccccc4)CC3)N(CC(=O)O)C2=O)cc1. The minimum absolute atomic E-state index is 0.0495. The monoisotopic (exact) mass is 422 g/mol. The first kappa shape index (κ1) is 21.2. The van der Waals surface area contributed by atoms with Gasteiger partial charge in [-0.3, -0.25) is 4.79 Å². The molecule has 0 aromatic heterocycles. The number of hydrogen-bond donors (Lipinski definition) is 1. The molecule has 2 aliphatic rings. The van der Waals surface area contributed by atoms with Crippen molar-refractivity contribution in [1.29, 1.82) is 0 Å². The van der Waals surface area contributed by atoms with Crippen LogP contribution < -0.4 is 4.74 Å². The van der Waals surface area contributed by atoms with Crippen LogP contribution in [0.15, 0.2) is 54.6 Å². The zero-order chi connectivity index (χ0) is 22.1. The molecule has 2 amide bonds. The number of methoxy groups -OCH3 is 1. The lowest BCUT2D eigenvalue weighted by atomic mass is 9.65. The predicted octanol–water partition coefficient (Wildman–Crippen LogP) is 4.29. The van der Waals surface area contributed by atoms with Gasteiger partial charge in [-0.05, 0) is 54.4 Å². The first-order valence-electron chi connectivity index (χ1n) is 10.8. The van der Waals surface area contributed by atoms with Crippen LogP contribution in [0, 0.1) is 0 Å². The third-order valence-corrected chi connectivity index (χ3v) is 7.14. The molecule has 1 heterocycles. The Morgan fingerprint density at radius 3 is 2.26 bits per heavy atom. The highest BCUT2D eigenvalue weighted by molar-refractivity contribution is 5.83. The Hall–Kier alpha value is -3.02. The first-order chi connectivity index (χ1) is 14.8. The van der Waals surface area contributed by atoms with E-state index in [-0.39, 0.29) is 18.0 Å².